The maximum Gasteiger partial charge on any atom is 0.307 e. The fourth-order valence-corrected chi connectivity index (χ4v) is 4.22. The number of fused-ring (bicyclic) bond motifs is 2. The molecule has 0 unspecified atom stereocenters. The fraction of sp³-hybridized carbons (Fsp3) is 0.318. The quantitative estimate of drug-likeness (QED) is 0.498. The van der Waals surface area contributed by atoms with Crippen molar-refractivity contribution in [2.75, 3.05) is 20.0 Å². The zero-order valence-electron chi connectivity index (χ0n) is 17.0. The van der Waals surface area contributed by atoms with Crippen molar-refractivity contribution < 1.29 is 28.5 Å². The molecule has 3 aromatic rings. The van der Waals surface area contributed by atoms with E-state index in [1.54, 1.807) is 6.92 Å². The first-order valence-corrected chi connectivity index (χ1v) is 10.8. The number of esters is 1. The van der Waals surface area contributed by atoms with Gasteiger partial charge in [0.15, 0.2) is 16.3 Å². The number of thiazole rings is 1. The highest BCUT2D eigenvalue weighted by Crippen LogP contribution is 2.37. The van der Waals surface area contributed by atoms with Gasteiger partial charge in [-0.1, -0.05) is 29.5 Å². The second-order valence-electron chi connectivity index (χ2n) is 6.68. The molecule has 0 saturated heterocycles. The first-order chi connectivity index (χ1) is 15.1. The third-order valence-electron chi connectivity index (χ3n) is 4.57. The molecule has 0 radical (unpaired) electrons. The molecular weight excluding hydrogens is 420 g/mol. The largest absolute Gasteiger partial charge is 0.493 e. The molecule has 0 aliphatic carbocycles. The lowest BCUT2D eigenvalue weighted by molar-refractivity contribution is -0.143. The Balaban J connectivity index is 1.56. The summed E-state index contributed by atoms with van der Waals surface area (Å²) in [6.45, 7) is 2.83. The maximum atomic E-state index is 12.5. The van der Waals surface area contributed by atoms with Crippen molar-refractivity contribution in [3.63, 3.8) is 0 Å². The van der Waals surface area contributed by atoms with E-state index in [2.05, 4.69) is 4.99 Å². The highest BCUT2D eigenvalue weighted by Gasteiger charge is 2.18. The summed E-state index contributed by atoms with van der Waals surface area (Å²) < 4.78 is 24.3. The van der Waals surface area contributed by atoms with Crippen LogP contribution in [-0.4, -0.2) is 36.5 Å². The Labute approximate surface area is 182 Å². The average Bonchev–Trinajstić information content (AvgIpc) is 3.35. The van der Waals surface area contributed by atoms with Gasteiger partial charge in [-0.3, -0.25) is 9.59 Å². The third kappa shape index (κ3) is 5.05. The number of amides is 1. The van der Waals surface area contributed by atoms with E-state index in [1.807, 2.05) is 47.0 Å². The Bertz CT molecular complexity index is 1150. The Kier molecular flexibility index (Phi) is 6.51. The molecule has 162 valence electrons. The minimum Gasteiger partial charge on any atom is -0.493 e. The molecule has 2 heterocycles. The molecule has 2 aromatic carbocycles. The van der Waals surface area contributed by atoms with E-state index in [1.165, 1.54) is 11.3 Å². The van der Waals surface area contributed by atoms with Crippen molar-refractivity contribution >= 4 is 33.4 Å². The van der Waals surface area contributed by atoms with Crippen LogP contribution in [0.2, 0.25) is 0 Å². The fourth-order valence-electron chi connectivity index (χ4n) is 3.13. The predicted molar refractivity (Wildman–Crippen MR) is 114 cm³/mol. The van der Waals surface area contributed by atoms with Crippen LogP contribution >= 0.6 is 11.3 Å². The van der Waals surface area contributed by atoms with E-state index in [0.717, 1.165) is 10.2 Å². The van der Waals surface area contributed by atoms with Crippen LogP contribution < -0.4 is 19.0 Å². The minimum atomic E-state index is -0.302. The van der Waals surface area contributed by atoms with Crippen LogP contribution in [0.5, 0.6) is 17.2 Å². The van der Waals surface area contributed by atoms with Gasteiger partial charge in [0.2, 0.25) is 6.79 Å². The van der Waals surface area contributed by atoms with E-state index in [9.17, 15) is 9.59 Å². The van der Waals surface area contributed by atoms with Gasteiger partial charge in [0.1, 0.15) is 5.75 Å². The molecule has 0 bridgehead atoms. The number of aryl methyl sites for hydroxylation is 1. The highest BCUT2D eigenvalue weighted by molar-refractivity contribution is 7.16. The van der Waals surface area contributed by atoms with Gasteiger partial charge in [0.05, 0.1) is 36.3 Å². The molecule has 0 spiro atoms. The summed E-state index contributed by atoms with van der Waals surface area (Å²) in [5.74, 6) is 1.39. The Hall–Kier alpha value is -3.33. The van der Waals surface area contributed by atoms with E-state index in [0.29, 0.717) is 35.2 Å². The maximum absolute atomic E-state index is 12.5. The van der Waals surface area contributed by atoms with Gasteiger partial charge in [-0.2, -0.15) is 4.99 Å². The van der Waals surface area contributed by atoms with Gasteiger partial charge >= 0.3 is 5.97 Å². The number of hydrogen-bond acceptors (Lipinski definition) is 7. The number of benzene rings is 2. The van der Waals surface area contributed by atoms with E-state index < -0.39 is 0 Å². The van der Waals surface area contributed by atoms with Crippen LogP contribution in [0.4, 0.5) is 0 Å². The summed E-state index contributed by atoms with van der Waals surface area (Å²) in [6, 6.07) is 13.0. The van der Waals surface area contributed by atoms with E-state index >= 15 is 0 Å². The zero-order chi connectivity index (χ0) is 21.6. The molecule has 0 fully saturated rings. The van der Waals surface area contributed by atoms with Crippen LogP contribution in [0, 0.1) is 0 Å². The van der Waals surface area contributed by atoms with Gasteiger partial charge in [0, 0.05) is 18.7 Å². The van der Waals surface area contributed by atoms with Gasteiger partial charge in [-0.05, 0) is 19.1 Å². The first-order valence-electron chi connectivity index (χ1n) is 9.98. The predicted octanol–water partition coefficient (Wildman–Crippen LogP) is 3.28. The first kappa shape index (κ1) is 20.9. The molecule has 1 aliphatic heterocycles. The standard InChI is InChI=1S/C22H22N2O6S/c1-2-27-21(26)8-10-24-16-12-17-18(30-14-29-17)13-19(16)31-22(24)23-20(25)9-11-28-15-6-4-3-5-7-15/h3-7,12-13H,2,8-11,14H2,1H3. The van der Waals surface area contributed by atoms with Crippen LogP contribution in [0.15, 0.2) is 47.5 Å². The van der Waals surface area contributed by atoms with Gasteiger partial charge in [-0.25, -0.2) is 0 Å². The van der Waals surface area contributed by atoms with Crippen LogP contribution in [0.25, 0.3) is 10.2 Å². The molecule has 1 amide bonds. The SMILES string of the molecule is CCOC(=O)CCn1c(=NC(=O)CCOc2ccccc2)sc2cc3c(cc21)OCO3. The number of carbonyl (C=O) groups is 2. The third-order valence-corrected chi connectivity index (χ3v) is 5.61. The molecule has 31 heavy (non-hydrogen) atoms. The summed E-state index contributed by atoms with van der Waals surface area (Å²) in [4.78, 5) is 29.1. The lowest BCUT2D eigenvalue weighted by atomic mass is 10.3. The summed E-state index contributed by atoms with van der Waals surface area (Å²) in [7, 11) is 0. The number of nitrogens with zero attached hydrogens (tertiary/aromatic N) is 2. The molecule has 0 atom stereocenters. The van der Waals surface area contributed by atoms with E-state index in [4.69, 9.17) is 18.9 Å². The van der Waals surface area contributed by atoms with Crippen LogP contribution in [-0.2, 0) is 20.9 Å². The minimum absolute atomic E-state index is 0.143. The molecule has 8 nitrogen and oxygen atoms in total. The van der Waals surface area contributed by atoms with Gasteiger partial charge in [0.25, 0.3) is 5.91 Å². The molecule has 0 saturated carbocycles. The number of ether oxygens (including phenoxy) is 4. The molecule has 1 aromatic heterocycles. The summed E-state index contributed by atoms with van der Waals surface area (Å²) in [5.41, 5.74) is 0.825. The molecule has 4 rings (SSSR count). The summed E-state index contributed by atoms with van der Waals surface area (Å²) in [5, 5.41) is 0. The van der Waals surface area contributed by atoms with Gasteiger partial charge < -0.3 is 23.5 Å². The smallest absolute Gasteiger partial charge is 0.307 e. The summed E-state index contributed by atoms with van der Waals surface area (Å²) in [6.07, 6.45) is 0.316. The molecular formula is C22H22N2O6S. The Morgan fingerprint density at radius 1 is 1.13 bits per heavy atom. The molecule has 1 aliphatic rings. The number of aromatic nitrogens is 1. The van der Waals surface area contributed by atoms with Crippen molar-refractivity contribution in [1.29, 1.82) is 0 Å². The lowest BCUT2D eigenvalue weighted by Crippen LogP contribution is -2.20. The second-order valence-corrected chi connectivity index (χ2v) is 7.69. The lowest BCUT2D eigenvalue weighted by Gasteiger charge is -2.06. The van der Waals surface area contributed by atoms with Crippen LogP contribution in [0.3, 0.4) is 0 Å². The van der Waals surface area contributed by atoms with Crippen molar-refractivity contribution in [3.05, 3.63) is 47.3 Å². The second kappa shape index (κ2) is 9.65. The average molecular weight is 442 g/mol. The van der Waals surface area contributed by atoms with Crippen molar-refractivity contribution in [2.45, 2.75) is 26.3 Å². The van der Waals surface area contributed by atoms with Crippen LogP contribution in [0.1, 0.15) is 19.8 Å². The normalized spacial score (nSPS) is 12.9. The van der Waals surface area contributed by atoms with Gasteiger partial charge in [-0.15, -0.1) is 0 Å². The molecule has 9 heteroatoms. The van der Waals surface area contributed by atoms with Crippen molar-refractivity contribution in [2.24, 2.45) is 4.99 Å². The number of carbonyl (C=O) groups excluding carboxylic acids is 2. The number of rotatable bonds is 8. The number of hydrogen-bond donors (Lipinski definition) is 0. The topological polar surface area (TPSA) is 88.4 Å². The highest BCUT2D eigenvalue weighted by atomic mass is 32.1. The number of para-hydroxylation sites is 1. The molecule has 0 N–H and O–H groups in total. The zero-order valence-corrected chi connectivity index (χ0v) is 17.9. The Morgan fingerprint density at radius 2 is 1.90 bits per heavy atom. The monoisotopic (exact) mass is 442 g/mol. The van der Waals surface area contributed by atoms with Crippen molar-refractivity contribution in [1.82, 2.24) is 4.57 Å². The van der Waals surface area contributed by atoms with E-state index in [-0.39, 0.29) is 38.1 Å². The Morgan fingerprint density at radius 3 is 2.68 bits per heavy atom. The summed E-state index contributed by atoms with van der Waals surface area (Å²) >= 11 is 1.36. The van der Waals surface area contributed by atoms with Crippen molar-refractivity contribution in [3.8, 4) is 17.2 Å².